The van der Waals surface area contributed by atoms with Crippen LogP contribution in [0.5, 0.6) is 0 Å². The van der Waals surface area contributed by atoms with Crippen LogP contribution in [0, 0.1) is 0 Å². The predicted molar refractivity (Wildman–Crippen MR) is 110 cm³/mol. The predicted octanol–water partition coefficient (Wildman–Crippen LogP) is 0.858. The first-order valence-corrected chi connectivity index (χ1v) is 10.0. The molecule has 4 rings (SSSR count). The third-order valence-electron chi connectivity index (χ3n) is 6.07. The van der Waals surface area contributed by atoms with E-state index in [0.29, 0.717) is 37.5 Å². The third kappa shape index (κ3) is 3.82. The quantitative estimate of drug-likeness (QED) is 0.833. The Labute approximate surface area is 169 Å². The zero-order valence-electron chi connectivity index (χ0n) is 16.6. The Morgan fingerprint density at radius 1 is 1.17 bits per heavy atom. The monoisotopic (exact) mass is 394 g/mol. The van der Waals surface area contributed by atoms with Gasteiger partial charge in [0, 0.05) is 32.9 Å². The molecule has 152 valence electrons. The van der Waals surface area contributed by atoms with E-state index >= 15 is 0 Å². The molecule has 0 radical (unpaired) electrons. The molecular weight excluding hydrogens is 368 g/mol. The summed E-state index contributed by atoms with van der Waals surface area (Å²) >= 11 is 0. The summed E-state index contributed by atoms with van der Waals surface area (Å²) in [6.45, 7) is 3.09. The highest BCUT2D eigenvalue weighted by molar-refractivity contribution is 5.94. The highest BCUT2D eigenvalue weighted by Gasteiger charge is 2.30. The molecule has 1 aromatic carbocycles. The number of carbonyl (C=O) groups excluding carboxylic acids is 2. The van der Waals surface area contributed by atoms with E-state index in [1.54, 1.807) is 13.2 Å². The first kappa shape index (κ1) is 19.4. The molecule has 29 heavy (non-hydrogen) atoms. The number of rotatable bonds is 4. The molecule has 1 saturated heterocycles. The van der Waals surface area contributed by atoms with Gasteiger partial charge >= 0.3 is 0 Å². The van der Waals surface area contributed by atoms with Crippen LogP contribution >= 0.6 is 0 Å². The van der Waals surface area contributed by atoms with Crippen LogP contribution in [0.3, 0.4) is 0 Å². The van der Waals surface area contributed by atoms with Gasteiger partial charge in [-0.2, -0.15) is 0 Å². The summed E-state index contributed by atoms with van der Waals surface area (Å²) in [5.74, 6) is -0.149. The van der Waals surface area contributed by atoms with Gasteiger partial charge in [-0.1, -0.05) is 30.3 Å². The lowest BCUT2D eigenvalue weighted by molar-refractivity contribution is -0.133. The average Bonchev–Trinajstić information content (AvgIpc) is 3.17. The number of pyridine rings is 1. The number of nitrogens with two attached hydrogens (primary N) is 1. The van der Waals surface area contributed by atoms with Crippen LogP contribution in [-0.4, -0.2) is 52.4 Å². The van der Waals surface area contributed by atoms with E-state index in [0.717, 1.165) is 25.1 Å². The molecule has 3 heterocycles. The van der Waals surface area contributed by atoms with Gasteiger partial charge in [0.2, 0.25) is 5.91 Å². The lowest BCUT2D eigenvalue weighted by Gasteiger charge is -2.31. The Bertz CT molecular complexity index is 999. The molecule has 1 fully saturated rings. The maximum absolute atomic E-state index is 12.9. The normalized spacial score (nSPS) is 19.2. The summed E-state index contributed by atoms with van der Waals surface area (Å²) in [5, 5.41) is 0. The molecule has 1 unspecified atom stereocenters. The van der Waals surface area contributed by atoms with E-state index in [1.165, 1.54) is 10.1 Å². The van der Waals surface area contributed by atoms with Gasteiger partial charge in [0.05, 0.1) is 6.54 Å². The van der Waals surface area contributed by atoms with Crippen molar-refractivity contribution >= 4 is 11.8 Å². The molecule has 1 aromatic heterocycles. The molecule has 7 nitrogen and oxygen atoms in total. The Morgan fingerprint density at radius 2 is 1.93 bits per heavy atom. The lowest BCUT2D eigenvalue weighted by Crippen LogP contribution is -2.44. The molecule has 2 aliphatic rings. The van der Waals surface area contributed by atoms with E-state index in [4.69, 9.17) is 5.73 Å². The van der Waals surface area contributed by atoms with Crippen LogP contribution < -0.4 is 11.3 Å². The molecule has 0 bridgehead atoms. The summed E-state index contributed by atoms with van der Waals surface area (Å²) in [6, 6.07) is 10.4. The van der Waals surface area contributed by atoms with Gasteiger partial charge in [0.25, 0.3) is 11.5 Å². The summed E-state index contributed by atoms with van der Waals surface area (Å²) < 4.78 is 1.37. The summed E-state index contributed by atoms with van der Waals surface area (Å²) in [4.78, 5) is 40.9. The number of benzene rings is 1. The Morgan fingerprint density at radius 3 is 2.66 bits per heavy atom. The standard InChI is InChI=1S/C22H26N4O3/c1-24-11-17-13-26(10-8-18(17)20(21(23)28)22(24)29)19(27)14-25-9-7-16(12-25)15-5-3-2-4-6-15/h2-6,11,16H,7-10,12-14H2,1H3,(H2,23,28). The fourth-order valence-corrected chi connectivity index (χ4v) is 4.52. The van der Waals surface area contributed by atoms with Crippen molar-refractivity contribution in [3.05, 3.63) is 69.1 Å². The van der Waals surface area contributed by atoms with Gasteiger partial charge in [-0.05, 0) is 42.0 Å². The third-order valence-corrected chi connectivity index (χ3v) is 6.07. The number of nitrogens with zero attached hydrogens (tertiary/aromatic N) is 3. The van der Waals surface area contributed by atoms with Crippen molar-refractivity contribution in [1.29, 1.82) is 0 Å². The van der Waals surface area contributed by atoms with Crippen LogP contribution in [0.4, 0.5) is 0 Å². The van der Waals surface area contributed by atoms with Crippen molar-refractivity contribution in [2.75, 3.05) is 26.2 Å². The van der Waals surface area contributed by atoms with Crippen molar-refractivity contribution in [3.63, 3.8) is 0 Å². The Balaban J connectivity index is 1.43. The SMILES string of the molecule is Cn1cc2c(c(C(N)=O)c1=O)CCN(C(=O)CN1CCC(c3ccccc3)C1)C2. The number of aromatic nitrogens is 1. The van der Waals surface area contributed by atoms with E-state index in [1.807, 2.05) is 11.0 Å². The van der Waals surface area contributed by atoms with E-state index in [9.17, 15) is 14.4 Å². The van der Waals surface area contributed by atoms with E-state index in [2.05, 4.69) is 29.2 Å². The molecule has 0 spiro atoms. The van der Waals surface area contributed by atoms with Crippen molar-refractivity contribution in [2.45, 2.75) is 25.3 Å². The first-order valence-electron chi connectivity index (χ1n) is 10.0. The second-order valence-corrected chi connectivity index (χ2v) is 7.98. The smallest absolute Gasteiger partial charge is 0.263 e. The molecular formula is C22H26N4O3. The molecule has 2 aliphatic heterocycles. The van der Waals surface area contributed by atoms with Gasteiger partial charge in [-0.3, -0.25) is 19.3 Å². The minimum Gasteiger partial charge on any atom is -0.365 e. The Kier molecular flexibility index (Phi) is 5.24. The molecule has 0 aliphatic carbocycles. The zero-order chi connectivity index (χ0) is 20.5. The minimum absolute atomic E-state index is 0.0577. The number of hydrogen-bond acceptors (Lipinski definition) is 4. The van der Waals surface area contributed by atoms with Gasteiger partial charge in [-0.25, -0.2) is 0 Å². The van der Waals surface area contributed by atoms with Crippen molar-refractivity contribution in [1.82, 2.24) is 14.4 Å². The second-order valence-electron chi connectivity index (χ2n) is 7.98. The highest BCUT2D eigenvalue weighted by atomic mass is 16.2. The lowest BCUT2D eigenvalue weighted by atomic mass is 9.96. The maximum Gasteiger partial charge on any atom is 0.263 e. The van der Waals surface area contributed by atoms with Crippen LogP contribution in [0.25, 0.3) is 0 Å². The zero-order valence-corrected chi connectivity index (χ0v) is 16.6. The number of fused-ring (bicyclic) bond motifs is 1. The van der Waals surface area contributed by atoms with Gasteiger partial charge in [0.1, 0.15) is 5.56 Å². The molecule has 2 N–H and O–H groups in total. The maximum atomic E-state index is 12.9. The number of primary amides is 1. The van der Waals surface area contributed by atoms with Gasteiger partial charge < -0.3 is 15.2 Å². The number of amides is 2. The molecule has 1 atom stereocenters. The molecule has 7 heteroatoms. The fourth-order valence-electron chi connectivity index (χ4n) is 4.52. The number of hydrogen-bond donors (Lipinski definition) is 1. The largest absolute Gasteiger partial charge is 0.365 e. The van der Waals surface area contributed by atoms with Crippen molar-refractivity contribution in [2.24, 2.45) is 12.8 Å². The summed E-state index contributed by atoms with van der Waals surface area (Å²) in [7, 11) is 1.60. The number of aryl methyl sites for hydroxylation is 1. The first-order chi connectivity index (χ1) is 13.9. The summed E-state index contributed by atoms with van der Waals surface area (Å²) in [5.41, 5.74) is 7.96. The second kappa shape index (κ2) is 7.83. The Hall–Kier alpha value is -2.93. The number of carbonyl (C=O) groups is 2. The fraction of sp³-hybridized carbons (Fsp3) is 0.409. The van der Waals surface area contributed by atoms with E-state index in [-0.39, 0.29) is 17.0 Å². The van der Waals surface area contributed by atoms with Gasteiger partial charge in [-0.15, -0.1) is 0 Å². The average molecular weight is 394 g/mol. The van der Waals surface area contributed by atoms with Crippen LogP contribution in [-0.2, 0) is 24.8 Å². The van der Waals surface area contributed by atoms with E-state index < -0.39 is 5.91 Å². The molecule has 0 saturated carbocycles. The van der Waals surface area contributed by atoms with Crippen LogP contribution in [0.2, 0.25) is 0 Å². The number of likely N-dealkylation sites (tertiary alicyclic amines) is 1. The van der Waals surface area contributed by atoms with Gasteiger partial charge in [0.15, 0.2) is 0 Å². The van der Waals surface area contributed by atoms with Crippen molar-refractivity contribution in [3.8, 4) is 0 Å². The molecule has 2 amide bonds. The molecule has 2 aromatic rings. The topological polar surface area (TPSA) is 88.6 Å². The highest BCUT2D eigenvalue weighted by Crippen LogP contribution is 2.27. The minimum atomic E-state index is -0.703. The van der Waals surface area contributed by atoms with Crippen LogP contribution in [0.1, 0.15) is 39.4 Å². The van der Waals surface area contributed by atoms with Crippen molar-refractivity contribution < 1.29 is 9.59 Å². The summed E-state index contributed by atoms with van der Waals surface area (Å²) in [6.07, 6.45) is 3.25. The van der Waals surface area contributed by atoms with Crippen LogP contribution in [0.15, 0.2) is 41.3 Å².